The summed E-state index contributed by atoms with van der Waals surface area (Å²) in [4.78, 5) is 10.1. The number of nitrogens with zero attached hydrogens (tertiary/aromatic N) is 2. The Labute approximate surface area is 220 Å². The van der Waals surface area contributed by atoms with Crippen molar-refractivity contribution in [2.75, 3.05) is 0 Å². The molecule has 2 nitrogen and oxygen atoms in total. The smallest absolute Gasteiger partial charge is 0.0817 e. The highest BCUT2D eigenvalue weighted by atomic mass is 14.8. The average Bonchev–Trinajstić information content (AvgIpc) is 3.56. The van der Waals surface area contributed by atoms with Crippen molar-refractivity contribution in [3.05, 3.63) is 155 Å². The number of fused-ring (bicyclic) bond motifs is 6. The fourth-order valence-corrected chi connectivity index (χ4v) is 5.96. The standard InChI is InChI=1S/C36H22N2/c1-2-11-23(12-3-1)24-13-4-5-14-25(24)26-15-6-7-16-27(26)29-18-10-20-32-34(29)35-33(37-32)22-21-30-28-17-8-9-19-31(28)38-36(30)35/h1-22H. The van der Waals surface area contributed by atoms with Crippen LogP contribution in [-0.2, 0) is 0 Å². The third kappa shape index (κ3) is 3.07. The second kappa shape index (κ2) is 8.22. The van der Waals surface area contributed by atoms with Crippen molar-refractivity contribution in [2.45, 2.75) is 0 Å². The van der Waals surface area contributed by atoms with Gasteiger partial charge in [-0.3, -0.25) is 0 Å². The largest absolute Gasteiger partial charge is 0.248 e. The number of benzene rings is 6. The molecule has 38 heavy (non-hydrogen) atoms. The van der Waals surface area contributed by atoms with E-state index in [9.17, 15) is 0 Å². The number of rotatable bonds is 3. The molecule has 0 unspecified atom stereocenters. The van der Waals surface area contributed by atoms with Gasteiger partial charge >= 0.3 is 0 Å². The van der Waals surface area contributed by atoms with Gasteiger partial charge in [-0.1, -0.05) is 109 Å². The van der Waals surface area contributed by atoms with Gasteiger partial charge in [-0.25, -0.2) is 9.98 Å². The molecule has 0 saturated heterocycles. The van der Waals surface area contributed by atoms with E-state index in [-0.39, 0.29) is 0 Å². The Bertz CT molecular complexity index is 2130. The molecule has 0 fully saturated rings. The van der Waals surface area contributed by atoms with Crippen LogP contribution in [-0.4, -0.2) is 0 Å². The molecule has 0 atom stereocenters. The van der Waals surface area contributed by atoms with E-state index < -0.39 is 0 Å². The zero-order chi connectivity index (χ0) is 25.1. The molecule has 0 saturated carbocycles. The van der Waals surface area contributed by atoms with Gasteiger partial charge in [0, 0.05) is 21.6 Å². The molecule has 0 aromatic heterocycles. The normalized spacial score (nSPS) is 12.1. The van der Waals surface area contributed by atoms with E-state index in [2.05, 4.69) is 133 Å². The Morgan fingerprint density at radius 3 is 1.79 bits per heavy atom. The van der Waals surface area contributed by atoms with Crippen LogP contribution in [0.15, 0.2) is 143 Å². The zero-order valence-electron chi connectivity index (χ0n) is 20.6. The van der Waals surface area contributed by atoms with Crippen molar-refractivity contribution >= 4 is 11.4 Å². The lowest BCUT2D eigenvalue weighted by Gasteiger charge is -2.17. The van der Waals surface area contributed by atoms with Crippen LogP contribution in [0.25, 0.3) is 44.5 Å². The van der Waals surface area contributed by atoms with Crippen molar-refractivity contribution < 1.29 is 0 Å². The van der Waals surface area contributed by atoms with Crippen molar-refractivity contribution in [1.29, 1.82) is 0 Å². The monoisotopic (exact) mass is 482 g/mol. The van der Waals surface area contributed by atoms with Crippen LogP contribution in [0.4, 0.5) is 11.4 Å². The summed E-state index contributed by atoms with van der Waals surface area (Å²) in [7, 11) is 0. The first-order valence-corrected chi connectivity index (χ1v) is 12.9. The molecule has 0 N–H and O–H groups in total. The number of para-hydroxylation sites is 1. The summed E-state index contributed by atoms with van der Waals surface area (Å²) in [5.74, 6) is 0. The molecule has 6 aromatic carbocycles. The molecule has 0 spiro atoms. The van der Waals surface area contributed by atoms with E-state index in [1.807, 2.05) is 0 Å². The van der Waals surface area contributed by atoms with Crippen LogP contribution in [0.3, 0.4) is 0 Å². The minimum atomic E-state index is 0.991. The van der Waals surface area contributed by atoms with Crippen LogP contribution >= 0.6 is 0 Å². The zero-order valence-corrected chi connectivity index (χ0v) is 20.6. The lowest BCUT2D eigenvalue weighted by molar-refractivity contribution is 1.36. The summed E-state index contributed by atoms with van der Waals surface area (Å²) in [5.41, 5.74) is 11.6. The molecule has 8 rings (SSSR count). The predicted octanol–water partition coefficient (Wildman–Crippen LogP) is 8.17. The molecule has 6 aromatic rings. The highest BCUT2D eigenvalue weighted by molar-refractivity contribution is 6.01. The van der Waals surface area contributed by atoms with Crippen molar-refractivity contribution in [1.82, 2.24) is 0 Å². The summed E-state index contributed by atoms with van der Waals surface area (Å²) < 4.78 is 0. The first-order chi connectivity index (χ1) is 18.9. The van der Waals surface area contributed by atoms with Crippen molar-refractivity contribution in [2.24, 2.45) is 9.98 Å². The van der Waals surface area contributed by atoms with Crippen LogP contribution in [0.5, 0.6) is 0 Å². The van der Waals surface area contributed by atoms with Gasteiger partial charge in [0.25, 0.3) is 0 Å². The fraction of sp³-hybridized carbons (Fsp3) is 0. The van der Waals surface area contributed by atoms with E-state index in [1.165, 1.54) is 49.4 Å². The summed E-state index contributed by atoms with van der Waals surface area (Å²) in [6.07, 6.45) is 0. The maximum atomic E-state index is 5.09. The van der Waals surface area contributed by atoms with Gasteiger partial charge in [-0.2, -0.15) is 0 Å². The van der Waals surface area contributed by atoms with Gasteiger partial charge in [0.05, 0.1) is 22.1 Å². The van der Waals surface area contributed by atoms with Gasteiger partial charge in [0.1, 0.15) is 0 Å². The van der Waals surface area contributed by atoms with Gasteiger partial charge in [0.2, 0.25) is 0 Å². The summed E-state index contributed by atoms with van der Waals surface area (Å²) in [6, 6.07) is 47.2. The molecule has 2 heteroatoms. The van der Waals surface area contributed by atoms with Crippen molar-refractivity contribution in [3.8, 4) is 44.5 Å². The summed E-state index contributed by atoms with van der Waals surface area (Å²) in [6.45, 7) is 0. The lowest BCUT2D eigenvalue weighted by atomic mass is 9.86. The second-order valence-electron chi connectivity index (χ2n) is 9.75. The molecule has 2 aliphatic heterocycles. The van der Waals surface area contributed by atoms with Crippen LogP contribution in [0.2, 0.25) is 0 Å². The first kappa shape index (κ1) is 21.0. The lowest BCUT2D eigenvalue weighted by Crippen LogP contribution is -2.01. The van der Waals surface area contributed by atoms with Crippen LogP contribution in [0, 0.1) is 10.4 Å². The molecule has 2 aliphatic rings. The molecule has 0 aliphatic carbocycles. The summed E-state index contributed by atoms with van der Waals surface area (Å²) >= 11 is 0. The van der Waals surface area contributed by atoms with Crippen molar-refractivity contribution in [3.63, 3.8) is 0 Å². The summed E-state index contributed by atoms with van der Waals surface area (Å²) in [5, 5.41) is 4.39. The Balaban J connectivity index is 1.40. The molecular formula is C36H22N2. The van der Waals surface area contributed by atoms with Crippen LogP contribution in [0.1, 0.15) is 0 Å². The molecule has 0 amide bonds. The van der Waals surface area contributed by atoms with Crippen LogP contribution < -0.4 is 10.7 Å². The maximum Gasteiger partial charge on any atom is 0.0817 e. The van der Waals surface area contributed by atoms with Gasteiger partial charge < -0.3 is 0 Å². The fourth-order valence-electron chi connectivity index (χ4n) is 5.96. The van der Waals surface area contributed by atoms with Gasteiger partial charge in [-0.05, 0) is 57.6 Å². The Morgan fingerprint density at radius 1 is 0.342 bits per heavy atom. The van der Waals surface area contributed by atoms with E-state index in [4.69, 9.17) is 9.98 Å². The molecular weight excluding hydrogens is 460 g/mol. The predicted molar refractivity (Wildman–Crippen MR) is 154 cm³/mol. The molecule has 2 heterocycles. The highest BCUT2D eigenvalue weighted by Gasteiger charge is 2.25. The Kier molecular flexibility index (Phi) is 4.55. The van der Waals surface area contributed by atoms with E-state index in [0.29, 0.717) is 0 Å². The Morgan fingerprint density at radius 2 is 0.974 bits per heavy atom. The molecule has 0 bridgehead atoms. The number of hydrogen-bond acceptors (Lipinski definition) is 2. The third-order valence-corrected chi connectivity index (χ3v) is 7.64. The van der Waals surface area contributed by atoms with E-state index in [1.54, 1.807) is 0 Å². The van der Waals surface area contributed by atoms with E-state index in [0.717, 1.165) is 27.7 Å². The number of hydrogen-bond donors (Lipinski definition) is 0. The molecule has 176 valence electrons. The second-order valence-corrected chi connectivity index (χ2v) is 9.75. The maximum absolute atomic E-state index is 5.09. The first-order valence-electron chi connectivity index (χ1n) is 12.9. The third-order valence-electron chi connectivity index (χ3n) is 7.64. The van der Waals surface area contributed by atoms with Gasteiger partial charge in [0.15, 0.2) is 0 Å². The molecule has 0 radical (unpaired) electrons. The minimum Gasteiger partial charge on any atom is -0.248 e. The quantitative estimate of drug-likeness (QED) is 0.243. The van der Waals surface area contributed by atoms with E-state index >= 15 is 0 Å². The van der Waals surface area contributed by atoms with Gasteiger partial charge in [-0.15, -0.1) is 0 Å². The SMILES string of the molecule is c1ccc(-c2ccccc2-c2ccccc2-c2cccc3c2-c2c4c(ccc2=N3)=c2ccccc2=N4)cc1. The average molecular weight is 483 g/mol. The minimum absolute atomic E-state index is 0.991. The topological polar surface area (TPSA) is 24.7 Å². The Hall–Kier alpha value is -5.08. The highest BCUT2D eigenvalue weighted by Crippen LogP contribution is 2.47.